The van der Waals surface area contributed by atoms with Crippen LogP contribution in [0.25, 0.3) is 0 Å². The molecule has 138 valence electrons. The zero-order valence-corrected chi connectivity index (χ0v) is 16.7. The molecule has 2 aromatic carbocycles. The van der Waals surface area contributed by atoms with Gasteiger partial charge in [0.25, 0.3) is 0 Å². The summed E-state index contributed by atoms with van der Waals surface area (Å²) in [7, 11) is 0. The molecule has 0 saturated heterocycles. The smallest absolute Gasteiger partial charge is 0.210 e. The number of hydrogen-bond donors (Lipinski definition) is 1. The van der Waals surface area contributed by atoms with E-state index in [0.717, 1.165) is 17.8 Å². The number of carbonyl (C=O) groups excluding carboxylic acids is 1. The fourth-order valence-corrected chi connectivity index (χ4v) is 4.45. The molecular formula is C19H16Cl2N4OS. The van der Waals surface area contributed by atoms with Crippen molar-refractivity contribution in [3.63, 3.8) is 0 Å². The number of ketones is 1. The molecule has 0 fully saturated rings. The van der Waals surface area contributed by atoms with E-state index in [2.05, 4.69) is 15.6 Å². The summed E-state index contributed by atoms with van der Waals surface area (Å²) >= 11 is 13.4. The zero-order valence-electron chi connectivity index (χ0n) is 14.4. The lowest BCUT2D eigenvalue weighted by Crippen LogP contribution is -2.39. The molecule has 0 spiro atoms. The number of aromatic nitrogens is 3. The first kappa shape index (κ1) is 18.3. The van der Waals surface area contributed by atoms with Gasteiger partial charge in [0, 0.05) is 22.0 Å². The molecule has 0 aliphatic carbocycles. The quantitative estimate of drug-likeness (QED) is 0.617. The molecule has 27 heavy (non-hydrogen) atoms. The maximum atomic E-state index is 13.3. The molecule has 2 atom stereocenters. The topological polar surface area (TPSA) is 59.8 Å². The van der Waals surface area contributed by atoms with Gasteiger partial charge >= 0.3 is 0 Å². The van der Waals surface area contributed by atoms with Crippen molar-refractivity contribution < 1.29 is 4.79 Å². The maximum absolute atomic E-state index is 13.3. The van der Waals surface area contributed by atoms with Crippen molar-refractivity contribution in [3.05, 3.63) is 75.5 Å². The Labute approximate surface area is 171 Å². The highest BCUT2D eigenvalue weighted by Crippen LogP contribution is 2.39. The van der Waals surface area contributed by atoms with Gasteiger partial charge < -0.3 is 5.43 Å². The molecule has 0 saturated carbocycles. The number of rotatable bonds is 4. The highest BCUT2D eigenvalue weighted by atomic mass is 35.5. The predicted octanol–water partition coefficient (Wildman–Crippen LogP) is 4.79. The van der Waals surface area contributed by atoms with Gasteiger partial charge in [-0.25, -0.2) is 4.68 Å². The molecule has 3 aromatic rings. The Bertz CT molecular complexity index is 972. The molecule has 8 heteroatoms. The van der Waals surface area contributed by atoms with Gasteiger partial charge in [-0.3, -0.25) is 4.79 Å². The van der Waals surface area contributed by atoms with E-state index in [4.69, 9.17) is 23.2 Å². The molecule has 0 unspecified atom stereocenters. The molecule has 0 bridgehead atoms. The van der Waals surface area contributed by atoms with Crippen LogP contribution in [0.1, 0.15) is 34.7 Å². The molecule has 5 nitrogen and oxygen atoms in total. The van der Waals surface area contributed by atoms with Gasteiger partial charge in [0.15, 0.2) is 11.6 Å². The summed E-state index contributed by atoms with van der Waals surface area (Å²) in [5.74, 6) is 0.838. The number of aryl methyl sites for hydroxylation is 1. The minimum Gasteiger partial charge on any atom is -0.313 e. The largest absolute Gasteiger partial charge is 0.313 e. The Morgan fingerprint density at radius 2 is 1.70 bits per heavy atom. The summed E-state index contributed by atoms with van der Waals surface area (Å²) in [6.45, 7) is 2.02. The third-order valence-corrected chi connectivity index (χ3v) is 6.16. The van der Waals surface area contributed by atoms with Gasteiger partial charge in [0.1, 0.15) is 5.25 Å². The third kappa shape index (κ3) is 3.57. The minimum atomic E-state index is -0.395. The van der Waals surface area contributed by atoms with E-state index < -0.39 is 5.25 Å². The first-order valence-corrected chi connectivity index (χ1v) is 10.1. The summed E-state index contributed by atoms with van der Waals surface area (Å²) in [6.07, 6.45) is 0.740. The molecule has 4 rings (SSSR count). The summed E-state index contributed by atoms with van der Waals surface area (Å²) in [6, 6.07) is 14.2. The highest BCUT2D eigenvalue weighted by Gasteiger charge is 2.37. The van der Waals surface area contributed by atoms with E-state index in [0.29, 0.717) is 20.8 Å². The zero-order chi connectivity index (χ0) is 19.0. The van der Waals surface area contributed by atoms with Crippen LogP contribution in [0.3, 0.4) is 0 Å². The Morgan fingerprint density at radius 3 is 2.33 bits per heavy atom. The van der Waals surface area contributed by atoms with E-state index in [-0.39, 0.29) is 11.8 Å². The Balaban J connectivity index is 1.75. The van der Waals surface area contributed by atoms with Gasteiger partial charge in [-0.05, 0) is 42.0 Å². The molecule has 0 radical (unpaired) electrons. The highest BCUT2D eigenvalue weighted by molar-refractivity contribution is 8.00. The van der Waals surface area contributed by atoms with E-state index in [1.54, 1.807) is 24.3 Å². The number of fused-ring (bicyclic) bond motifs is 1. The second kappa shape index (κ2) is 7.54. The molecule has 1 N–H and O–H groups in total. The summed E-state index contributed by atoms with van der Waals surface area (Å²) in [5.41, 5.74) is 5.01. The van der Waals surface area contributed by atoms with Crippen LogP contribution >= 0.6 is 35.0 Å². The Hall–Kier alpha value is -2.02. The van der Waals surface area contributed by atoms with Gasteiger partial charge in [-0.15, -0.1) is 10.2 Å². The summed E-state index contributed by atoms with van der Waals surface area (Å²) in [4.78, 5) is 13.3. The normalized spacial score (nSPS) is 18.6. The van der Waals surface area contributed by atoms with Crippen LogP contribution in [0.2, 0.25) is 10.0 Å². The number of benzene rings is 2. The molecular weight excluding hydrogens is 403 g/mol. The third-order valence-electron chi connectivity index (χ3n) is 4.44. The van der Waals surface area contributed by atoms with Gasteiger partial charge in [0.05, 0.1) is 6.04 Å². The van der Waals surface area contributed by atoms with Gasteiger partial charge in [0.2, 0.25) is 5.16 Å². The van der Waals surface area contributed by atoms with E-state index in [1.807, 2.05) is 35.9 Å². The van der Waals surface area contributed by atoms with Crippen LogP contribution in [-0.2, 0) is 6.42 Å². The van der Waals surface area contributed by atoms with Crippen LogP contribution in [0.15, 0.2) is 53.7 Å². The standard InChI is InChI=1S/C19H16Cl2N4OS/c1-2-15-22-23-19-25(15)24-16(11-3-7-13(20)8-4-11)18(27-19)17(26)12-5-9-14(21)10-6-12/h3-10,16,18,24H,2H2,1H3/t16-,18-/m1/s1. The monoisotopic (exact) mass is 418 g/mol. The van der Waals surface area contributed by atoms with E-state index >= 15 is 0 Å². The SMILES string of the molecule is CCc1nnc2n1N[C@H](c1ccc(Cl)cc1)[C@H](C(=O)c1ccc(Cl)cc1)S2. The van der Waals surface area contributed by atoms with Crippen molar-refractivity contribution in [2.45, 2.75) is 29.8 Å². The van der Waals surface area contributed by atoms with Crippen molar-refractivity contribution in [2.75, 3.05) is 5.43 Å². The van der Waals surface area contributed by atoms with Crippen LogP contribution in [0.4, 0.5) is 0 Å². The van der Waals surface area contributed by atoms with Crippen LogP contribution in [0, 0.1) is 0 Å². The average molecular weight is 419 g/mol. The lowest BCUT2D eigenvalue weighted by Gasteiger charge is -2.33. The van der Waals surface area contributed by atoms with E-state index in [9.17, 15) is 4.79 Å². The lowest BCUT2D eigenvalue weighted by atomic mass is 9.97. The Morgan fingerprint density at radius 1 is 1.07 bits per heavy atom. The first-order chi connectivity index (χ1) is 13.1. The van der Waals surface area contributed by atoms with Crippen LogP contribution in [0.5, 0.6) is 0 Å². The summed E-state index contributed by atoms with van der Waals surface area (Å²) in [5, 5.41) is 9.99. The van der Waals surface area contributed by atoms with Crippen molar-refractivity contribution >= 4 is 40.7 Å². The predicted molar refractivity (Wildman–Crippen MR) is 108 cm³/mol. The number of carbonyl (C=O) groups is 1. The first-order valence-electron chi connectivity index (χ1n) is 8.49. The fraction of sp³-hybridized carbons (Fsp3) is 0.211. The number of Topliss-reactive ketones (excluding diaryl/α,β-unsaturated/α-hetero) is 1. The van der Waals surface area contributed by atoms with E-state index in [1.165, 1.54) is 11.8 Å². The van der Waals surface area contributed by atoms with Crippen molar-refractivity contribution in [2.24, 2.45) is 0 Å². The molecule has 1 aliphatic heterocycles. The number of nitrogens with zero attached hydrogens (tertiary/aromatic N) is 3. The van der Waals surface area contributed by atoms with Crippen molar-refractivity contribution in [3.8, 4) is 0 Å². The maximum Gasteiger partial charge on any atom is 0.210 e. The number of halogens is 2. The Kier molecular flexibility index (Phi) is 5.12. The van der Waals surface area contributed by atoms with Crippen LogP contribution < -0.4 is 5.43 Å². The average Bonchev–Trinajstić information content (AvgIpc) is 3.10. The van der Waals surface area contributed by atoms with Gasteiger partial charge in [-0.2, -0.15) is 0 Å². The second-order valence-electron chi connectivity index (χ2n) is 6.16. The minimum absolute atomic E-state index is 0.0106. The molecule has 2 heterocycles. The molecule has 1 aromatic heterocycles. The van der Waals surface area contributed by atoms with Crippen molar-refractivity contribution in [1.82, 2.24) is 14.9 Å². The van der Waals surface area contributed by atoms with Crippen molar-refractivity contribution in [1.29, 1.82) is 0 Å². The molecule has 1 aliphatic rings. The second-order valence-corrected chi connectivity index (χ2v) is 8.14. The summed E-state index contributed by atoms with van der Waals surface area (Å²) < 4.78 is 1.87. The number of hydrogen-bond acceptors (Lipinski definition) is 5. The number of thioether (sulfide) groups is 1. The fourth-order valence-electron chi connectivity index (χ4n) is 3.03. The molecule has 0 amide bonds. The lowest BCUT2D eigenvalue weighted by molar-refractivity contribution is 0.0980. The van der Waals surface area contributed by atoms with Gasteiger partial charge in [-0.1, -0.05) is 54.0 Å². The number of nitrogens with one attached hydrogen (secondary N) is 1. The van der Waals surface area contributed by atoms with Crippen LogP contribution in [-0.4, -0.2) is 25.9 Å².